The van der Waals surface area contributed by atoms with Crippen molar-refractivity contribution in [2.24, 2.45) is 5.84 Å². The first-order chi connectivity index (χ1) is 5.65. The van der Waals surface area contributed by atoms with Crippen molar-refractivity contribution >= 4 is 29.7 Å². The zero-order valence-electron chi connectivity index (χ0n) is 7.41. The third-order valence-electron chi connectivity index (χ3n) is 1.49. The molecule has 0 saturated carbocycles. The lowest BCUT2D eigenvalue weighted by Crippen LogP contribution is -2.11. The zero-order valence-corrected chi connectivity index (χ0v) is 8.99. The van der Waals surface area contributed by atoms with E-state index in [2.05, 4.69) is 15.4 Å². The molecule has 1 aromatic rings. The first kappa shape index (κ1) is 12.4. The first-order valence-electron chi connectivity index (χ1n) is 3.64. The molecule has 6 heteroatoms. The molecule has 0 atom stereocenters. The van der Waals surface area contributed by atoms with Crippen LogP contribution in [0.15, 0.2) is 6.20 Å². The lowest BCUT2D eigenvalue weighted by atomic mass is 10.1. The maximum atomic E-state index is 5.63. The maximum absolute atomic E-state index is 5.63. The van der Waals surface area contributed by atoms with Crippen LogP contribution in [0.25, 0.3) is 0 Å². The number of rotatable bonds is 2. The van der Waals surface area contributed by atoms with Crippen molar-refractivity contribution in [1.82, 2.24) is 9.97 Å². The third-order valence-corrected chi connectivity index (χ3v) is 1.67. The summed E-state index contributed by atoms with van der Waals surface area (Å²) in [7, 11) is 0. The van der Waals surface area contributed by atoms with Crippen LogP contribution in [-0.4, -0.2) is 9.97 Å². The van der Waals surface area contributed by atoms with Gasteiger partial charge in [-0.15, -0.1) is 12.4 Å². The molecule has 0 saturated heterocycles. The Morgan fingerprint density at radius 1 is 1.54 bits per heavy atom. The van der Waals surface area contributed by atoms with E-state index in [1.807, 2.05) is 13.8 Å². The van der Waals surface area contributed by atoms with E-state index in [1.165, 1.54) is 0 Å². The Bertz CT molecular complexity index is 277. The van der Waals surface area contributed by atoms with Crippen LogP contribution in [0.3, 0.4) is 0 Å². The maximum Gasteiger partial charge on any atom is 0.222 e. The van der Waals surface area contributed by atoms with Crippen LogP contribution in [0.4, 0.5) is 5.69 Å². The van der Waals surface area contributed by atoms with Gasteiger partial charge in [-0.1, -0.05) is 13.8 Å². The fourth-order valence-corrected chi connectivity index (χ4v) is 1.06. The predicted octanol–water partition coefficient (Wildman–Crippen LogP) is 1.96. The van der Waals surface area contributed by atoms with Gasteiger partial charge in [0.2, 0.25) is 5.28 Å². The number of nitrogens with zero attached hydrogens (tertiary/aromatic N) is 2. The minimum Gasteiger partial charge on any atom is -0.321 e. The highest BCUT2D eigenvalue weighted by Gasteiger charge is 2.08. The lowest BCUT2D eigenvalue weighted by Gasteiger charge is -2.09. The van der Waals surface area contributed by atoms with Gasteiger partial charge in [-0.2, -0.15) is 0 Å². The van der Waals surface area contributed by atoms with Crippen molar-refractivity contribution < 1.29 is 0 Å². The number of nitrogens with two attached hydrogens (primary N) is 1. The molecule has 1 aromatic heterocycles. The summed E-state index contributed by atoms with van der Waals surface area (Å²) < 4.78 is 0. The third kappa shape index (κ3) is 2.99. The highest BCUT2D eigenvalue weighted by Crippen LogP contribution is 2.21. The number of nitrogen functional groups attached to an aromatic ring is 1. The molecule has 0 aliphatic heterocycles. The van der Waals surface area contributed by atoms with Crippen LogP contribution in [0.1, 0.15) is 25.5 Å². The fourth-order valence-electron chi connectivity index (χ4n) is 0.924. The molecule has 3 N–H and O–H groups in total. The van der Waals surface area contributed by atoms with E-state index in [-0.39, 0.29) is 23.6 Å². The standard InChI is InChI=1S/C7H11ClN4.ClH/c1-4(2)6-5(12-9)3-10-7(8)11-6;/h3-4,12H,9H2,1-2H3;1H. The molecule has 0 aromatic carbocycles. The monoisotopic (exact) mass is 222 g/mol. The SMILES string of the molecule is CC(C)c1nc(Cl)ncc1NN.Cl. The van der Waals surface area contributed by atoms with Gasteiger partial charge >= 0.3 is 0 Å². The van der Waals surface area contributed by atoms with Crippen LogP contribution >= 0.6 is 24.0 Å². The Morgan fingerprint density at radius 2 is 2.15 bits per heavy atom. The summed E-state index contributed by atoms with van der Waals surface area (Å²) in [6, 6.07) is 0. The molecule has 74 valence electrons. The Hall–Kier alpha value is -0.580. The molecule has 1 rings (SSSR count). The van der Waals surface area contributed by atoms with Crippen molar-refractivity contribution in [3.05, 3.63) is 17.2 Å². The predicted molar refractivity (Wildman–Crippen MR) is 56.2 cm³/mol. The van der Waals surface area contributed by atoms with Gasteiger partial charge in [-0.05, 0) is 17.5 Å². The van der Waals surface area contributed by atoms with E-state index >= 15 is 0 Å². The van der Waals surface area contributed by atoms with Gasteiger partial charge in [0.15, 0.2) is 0 Å². The highest BCUT2D eigenvalue weighted by molar-refractivity contribution is 6.28. The average Bonchev–Trinajstić information content (AvgIpc) is 2.04. The normalized spacial score (nSPS) is 9.62. The van der Waals surface area contributed by atoms with E-state index in [4.69, 9.17) is 17.4 Å². The summed E-state index contributed by atoms with van der Waals surface area (Å²) in [5.41, 5.74) is 4.07. The number of nitrogens with one attached hydrogen (secondary N) is 1. The molecule has 0 fully saturated rings. The largest absolute Gasteiger partial charge is 0.321 e. The van der Waals surface area contributed by atoms with Gasteiger partial charge in [-0.25, -0.2) is 9.97 Å². The summed E-state index contributed by atoms with van der Waals surface area (Å²) in [4.78, 5) is 7.86. The Labute approximate surface area is 88.3 Å². The molecule has 1 heterocycles. The number of hydrogen-bond acceptors (Lipinski definition) is 4. The van der Waals surface area contributed by atoms with E-state index < -0.39 is 0 Å². The van der Waals surface area contributed by atoms with E-state index in [1.54, 1.807) is 6.20 Å². The van der Waals surface area contributed by atoms with Crippen molar-refractivity contribution in [3.8, 4) is 0 Å². The number of hydrogen-bond donors (Lipinski definition) is 2. The molecule has 4 nitrogen and oxygen atoms in total. The van der Waals surface area contributed by atoms with Crippen LogP contribution in [0, 0.1) is 0 Å². The zero-order chi connectivity index (χ0) is 9.14. The quantitative estimate of drug-likeness (QED) is 0.457. The molecule has 0 radical (unpaired) electrons. The van der Waals surface area contributed by atoms with E-state index in [9.17, 15) is 0 Å². The van der Waals surface area contributed by atoms with E-state index in [0.29, 0.717) is 0 Å². The van der Waals surface area contributed by atoms with Gasteiger partial charge in [0.25, 0.3) is 0 Å². The molecule has 0 bridgehead atoms. The number of halogens is 2. The Morgan fingerprint density at radius 3 is 2.62 bits per heavy atom. The highest BCUT2D eigenvalue weighted by atomic mass is 35.5. The summed E-state index contributed by atoms with van der Waals surface area (Å²) in [6.45, 7) is 4.03. The molecule has 0 aliphatic carbocycles. The van der Waals surface area contributed by atoms with Crippen molar-refractivity contribution in [2.45, 2.75) is 19.8 Å². The molecule has 0 unspecified atom stereocenters. The summed E-state index contributed by atoms with van der Waals surface area (Å²) in [6.07, 6.45) is 1.57. The topological polar surface area (TPSA) is 63.8 Å². The lowest BCUT2D eigenvalue weighted by molar-refractivity contribution is 0.815. The Kier molecular flexibility index (Phi) is 4.98. The van der Waals surface area contributed by atoms with Crippen molar-refractivity contribution in [2.75, 3.05) is 5.43 Å². The minimum atomic E-state index is 0. The summed E-state index contributed by atoms with van der Waals surface area (Å²) >= 11 is 5.63. The molecule has 13 heavy (non-hydrogen) atoms. The summed E-state index contributed by atoms with van der Waals surface area (Å²) in [5.74, 6) is 5.54. The van der Waals surface area contributed by atoms with Gasteiger partial charge < -0.3 is 5.43 Å². The number of hydrazine groups is 1. The second kappa shape index (κ2) is 5.21. The second-order valence-corrected chi connectivity index (χ2v) is 3.08. The molecular formula is C7H12Cl2N4. The van der Waals surface area contributed by atoms with Crippen LogP contribution in [0.2, 0.25) is 5.28 Å². The number of aromatic nitrogens is 2. The second-order valence-electron chi connectivity index (χ2n) is 2.74. The van der Waals surface area contributed by atoms with Gasteiger partial charge in [0.1, 0.15) is 0 Å². The van der Waals surface area contributed by atoms with Crippen molar-refractivity contribution in [3.63, 3.8) is 0 Å². The molecule has 0 aliphatic rings. The van der Waals surface area contributed by atoms with Gasteiger partial charge in [0, 0.05) is 0 Å². The molecule has 0 spiro atoms. The van der Waals surface area contributed by atoms with Gasteiger partial charge in [0.05, 0.1) is 17.6 Å². The smallest absolute Gasteiger partial charge is 0.222 e. The average molecular weight is 223 g/mol. The first-order valence-corrected chi connectivity index (χ1v) is 4.02. The molecular weight excluding hydrogens is 211 g/mol. The van der Waals surface area contributed by atoms with E-state index in [0.717, 1.165) is 11.4 Å². The van der Waals surface area contributed by atoms with Crippen LogP contribution in [0.5, 0.6) is 0 Å². The van der Waals surface area contributed by atoms with Crippen LogP contribution in [-0.2, 0) is 0 Å². The summed E-state index contributed by atoms with van der Waals surface area (Å²) in [5, 5.41) is 0.248. The molecule has 0 amide bonds. The van der Waals surface area contributed by atoms with Gasteiger partial charge in [-0.3, -0.25) is 5.84 Å². The Balaban J connectivity index is 0.00000144. The fraction of sp³-hybridized carbons (Fsp3) is 0.429. The number of anilines is 1. The van der Waals surface area contributed by atoms with Crippen molar-refractivity contribution in [1.29, 1.82) is 0 Å². The van der Waals surface area contributed by atoms with Crippen LogP contribution < -0.4 is 11.3 Å². The minimum absolute atomic E-state index is 0.